The van der Waals surface area contributed by atoms with E-state index in [-0.39, 0.29) is 0 Å². The molecule has 3 rings (SSSR count). The molecule has 1 saturated carbocycles. The molecule has 0 unspecified atom stereocenters. The summed E-state index contributed by atoms with van der Waals surface area (Å²) >= 11 is 1.52. The summed E-state index contributed by atoms with van der Waals surface area (Å²) in [4.78, 5) is 14.1. The van der Waals surface area contributed by atoms with E-state index in [1.807, 2.05) is 0 Å². The number of piperazine rings is 1. The van der Waals surface area contributed by atoms with Crippen LogP contribution in [0, 0.1) is 5.92 Å². The number of nitrogens with zero attached hydrogens (tertiary/aromatic N) is 5. The summed E-state index contributed by atoms with van der Waals surface area (Å²) in [5.74, 6) is 2.88. The van der Waals surface area contributed by atoms with E-state index in [9.17, 15) is 0 Å². The van der Waals surface area contributed by atoms with Gasteiger partial charge < -0.3 is 15.1 Å². The van der Waals surface area contributed by atoms with Crippen LogP contribution < -0.4 is 10.2 Å². The second-order valence-corrected chi connectivity index (χ2v) is 6.69. The molecule has 0 aromatic carbocycles. The van der Waals surface area contributed by atoms with Gasteiger partial charge in [0.05, 0.1) is 0 Å². The summed E-state index contributed by atoms with van der Waals surface area (Å²) in [5.41, 5.74) is 0. The lowest BCUT2D eigenvalue weighted by atomic mass is 10.3. The average Bonchev–Trinajstić information content (AvgIpc) is 3.26. The summed E-state index contributed by atoms with van der Waals surface area (Å²) in [6.07, 6.45) is 3.62. The largest absolute Gasteiger partial charge is 0.357 e. The minimum absolute atomic E-state index is 0.837. The summed E-state index contributed by atoms with van der Waals surface area (Å²) in [7, 11) is 0. The van der Waals surface area contributed by atoms with Crippen molar-refractivity contribution in [3.05, 3.63) is 5.82 Å². The Labute approximate surface area is 136 Å². The van der Waals surface area contributed by atoms with Crippen molar-refractivity contribution >= 4 is 22.6 Å². The minimum Gasteiger partial charge on any atom is -0.357 e. The Hall–Kier alpha value is -1.37. The first kappa shape index (κ1) is 15.5. The number of hydrogen-bond acceptors (Lipinski definition) is 5. The molecule has 0 spiro atoms. The monoisotopic (exact) mass is 322 g/mol. The van der Waals surface area contributed by atoms with Crippen molar-refractivity contribution in [2.45, 2.75) is 33.1 Å². The highest BCUT2D eigenvalue weighted by Crippen LogP contribution is 2.29. The van der Waals surface area contributed by atoms with Crippen LogP contribution in [0.5, 0.6) is 0 Å². The van der Waals surface area contributed by atoms with E-state index < -0.39 is 0 Å². The molecule has 1 aromatic heterocycles. The molecule has 2 fully saturated rings. The van der Waals surface area contributed by atoms with Crippen molar-refractivity contribution in [2.24, 2.45) is 10.9 Å². The molecule has 2 aliphatic rings. The Kier molecular flexibility index (Phi) is 5.12. The Balaban J connectivity index is 1.55. The zero-order valence-corrected chi connectivity index (χ0v) is 14.4. The smallest absolute Gasteiger partial charge is 0.205 e. The number of rotatable bonds is 5. The summed E-state index contributed by atoms with van der Waals surface area (Å²) < 4.78 is 4.39. The number of guanidine groups is 1. The van der Waals surface area contributed by atoms with Gasteiger partial charge in [-0.05, 0) is 25.7 Å². The standard InChI is InChI=1S/C15H26N6S/c1-3-13-18-15(22-19-13)21-9-7-20(8-10-21)14(16-4-2)17-11-12-5-6-12/h12H,3-11H2,1-2H3,(H,16,17). The number of anilines is 1. The van der Waals surface area contributed by atoms with Gasteiger partial charge in [-0.3, -0.25) is 4.99 Å². The van der Waals surface area contributed by atoms with E-state index >= 15 is 0 Å². The quantitative estimate of drug-likeness (QED) is 0.659. The zero-order chi connectivity index (χ0) is 15.4. The van der Waals surface area contributed by atoms with Crippen LogP contribution in [0.25, 0.3) is 0 Å². The van der Waals surface area contributed by atoms with Crippen molar-refractivity contribution in [2.75, 3.05) is 44.2 Å². The summed E-state index contributed by atoms with van der Waals surface area (Å²) in [5, 5.41) is 4.50. The van der Waals surface area contributed by atoms with E-state index in [2.05, 4.69) is 38.3 Å². The second-order valence-electron chi connectivity index (χ2n) is 5.96. The van der Waals surface area contributed by atoms with Gasteiger partial charge in [-0.2, -0.15) is 4.37 Å². The van der Waals surface area contributed by atoms with Crippen LogP contribution in [0.15, 0.2) is 4.99 Å². The van der Waals surface area contributed by atoms with Crippen LogP contribution >= 0.6 is 11.5 Å². The number of aryl methyl sites for hydroxylation is 1. The summed E-state index contributed by atoms with van der Waals surface area (Å²) in [6.45, 7) is 10.1. The van der Waals surface area contributed by atoms with Crippen LogP contribution in [-0.4, -0.2) is 59.5 Å². The van der Waals surface area contributed by atoms with Gasteiger partial charge in [-0.1, -0.05) is 6.92 Å². The van der Waals surface area contributed by atoms with Crippen LogP contribution in [0.3, 0.4) is 0 Å². The van der Waals surface area contributed by atoms with E-state index in [1.165, 1.54) is 24.4 Å². The normalized spacial score (nSPS) is 19.6. The predicted molar refractivity (Wildman–Crippen MR) is 91.8 cm³/mol. The molecule has 0 radical (unpaired) electrons. The Morgan fingerprint density at radius 2 is 2.05 bits per heavy atom. The maximum atomic E-state index is 4.80. The van der Waals surface area contributed by atoms with Gasteiger partial charge in [0.1, 0.15) is 5.82 Å². The maximum Gasteiger partial charge on any atom is 0.205 e. The number of aromatic nitrogens is 2. The number of nitrogens with one attached hydrogen (secondary N) is 1. The maximum absolute atomic E-state index is 4.80. The molecule has 0 bridgehead atoms. The molecular formula is C15H26N6S. The van der Waals surface area contributed by atoms with Gasteiger partial charge in [0.25, 0.3) is 0 Å². The molecule has 1 aromatic rings. The first-order valence-electron chi connectivity index (χ1n) is 8.41. The lowest BCUT2D eigenvalue weighted by Crippen LogP contribution is -2.52. The average molecular weight is 322 g/mol. The molecule has 1 aliphatic carbocycles. The van der Waals surface area contributed by atoms with E-state index in [0.717, 1.165) is 68.5 Å². The molecule has 2 heterocycles. The fourth-order valence-electron chi connectivity index (χ4n) is 2.57. The van der Waals surface area contributed by atoms with Crippen LogP contribution in [-0.2, 0) is 6.42 Å². The molecular weight excluding hydrogens is 296 g/mol. The van der Waals surface area contributed by atoms with Crippen molar-refractivity contribution in [1.29, 1.82) is 0 Å². The van der Waals surface area contributed by atoms with E-state index in [4.69, 9.17) is 4.99 Å². The SMILES string of the molecule is CCNC(=NCC1CC1)N1CCN(c2nc(CC)ns2)CC1. The molecule has 0 amide bonds. The van der Waals surface area contributed by atoms with Gasteiger partial charge in [0.2, 0.25) is 5.13 Å². The third-order valence-corrected chi connectivity index (χ3v) is 4.97. The fraction of sp³-hybridized carbons (Fsp3) is 0.800. The fourth-order valence-corrected chi connectivity index (χ4v) is 3.37. The molecule has 22 heavy (non-hydrogen) atoms. The lowest BCUT2D eigenvalue weighted by Gasteiger charge is -2.36. The predicted octanol–water partition coefficient (Wildman–Crippen LogP) is 1.60. The topological polar surface area (TPSA) is 56.7 Å². The third-order valence-electron chi connectivity index (χ3n) is 4.15. The van der Waals surface area contributed by atoms with E-state index in [0.29, 0.717) is 0 Å². The molecule has 1 N–H and O–H groups in total. The van der Waals surface area contributed by atoms with Gasteiger partial charge in [-0.15, -0.1) is 0 Å². The molecule has 0 atom stereocenters. The molecule has 1 aliphatic heterocycles. The van der Waals surface area contributed by atoms with Gasteiger partial charge >= 0.3 is 0 Å². The first-order chi connectivity index (χ1) is 10.8. The summed E-state index contributed by atoms with van der Waals surface area (Å²) in [6, 6.07) is 0. The molecule has 1 saturated heterocycles. The number of hydrogen-bond donors (Lipinski definition) is 1. The van der Waals surface area contributed by atoms with Crippen molar-refractivity contribution in [3.63, 3.8) is 0 Å². The van der Waals surface area contributed by atoms with Crippen LogP contribution in [0.1, 0.15) is 32.5 Å². The van der Waals surface area contributed by atoms with Crippen LogP contribution in [0.4, 0.5) is 5.13 Å². The molecule has 122 valence electrons. The Morgan fingerprint density at radius 1 is 1.27 bits per heavy atom. The van der Waals surface area contributed by atoms with E-state index in [1.54, 1.807) is 0 Å². The highest BCUT2D eigenvalue weighted by Gasteiger charge is 2.24. The zero-order valence-electron chi connectivity index (χ0n) is 13.6. The van der Waals surface area contributed by atoms with Crippen molar-refractivity contribution < 1.29 is 0 Å². The Bertz CT molecular complexity index is 502. The van der Waals surface area contributed by atoms with Gasteiger partial charge in [-0.25, -0.2) is 4.98 Å². The Morgan fingerprint density at radius 3 is 2.64 bits per heavy atom. The second kappa shape index (κ2) is 7.26. The first-order valence-corrected chi connectivity index (χ1v) is 9.18. The van der Waals surface area contributed by atoms with Crippen LogP contribution in [0.2, 0.25) is 0 Å². The minimum atomic E-state index is 0.837. The van der Waals surface area contributed by atoms with Crippen molar-refractivity contribution in [1.82, 2.24) is 19.6 Å². The molecule has 7 heteroatoms. The number of aliphatic imine (C=N–C) groups is 1. The van der Waals surface area contributed by atoms with Crippen molar-refractivity contribution in [3.8, 4) is 0 Å². The highest BCUT2D eigenvalue weighted by molar-refractivity contribution is 7.09. The lowest BCUT2D eigenvalue weighted by molar-refractivity contribution is 0.372. The highest BCUT2D eigenvalue weighted by atomic mass is 32.1. The van der Waals surface area contributed by atoms with Gasteiger partial charge in [0.15, 0.2) is 5.96 Å². The van der Waals surface area contributed by atoms with Gasteiger partial charge in [0, 0.05) is 57.2 Å². The molecule has 6 nitrogen and oxygen atoms in total. The third kappa shape index (κ3) is 3.88.